The molecular weight excluding hydrogens is 496 g/mol. The number of rotatable bonds is 5. The molecule has 0 atom stereocenters. The number of aromatic nitrogens is 1. The predicted octanol–water partition coefficient (Wildman–Crippen LogP) is 3.68. The van der Waals surface area contributed by atoms with E-state index in [1.807, 2.05) is 36.4 Å². The standard InChI is InChI=1S/C26H28N4O4S2/c31-26(27-19-9-10-19)22-17-18-11-13-30(21-6-2-1-5-20(21)25(18)35-22)36(32,33)24-8-3-7-23(28-24)29-12-4-15-34-16-14-29/h1-3,5-8,17,19H,4,9-16H2,(H,27,31). The first-order valence-electron chi connectivity index (χ1n) is 12.4. The minimum absolute atomic E-state index is 0.0368. The number of para-hydroxylation sites is 1. The summed E-state index contributed by atoms with van der Waals surface area (Å²) in [4.78, 5) is 21.0. The number of nitrogens with zero attached hydrogens (tertiary/aromatic N) is 3. The van der Waals surface area contributed by atoms with E-state index in [0.717, 1.165) is 41.8 Å². The highest BCUT2D eigenvalue weighted by Crippen LogP contribution is 2.43. The smallest absolute Gasteiger partial charge is 0.281 e. The molecule has 2 aromatic heterocycles. The fourth-order valence-corrected chi connectivity index (χ4v) is 7.31. The maximum Gasteiger partial charge on any atom is 0.281 e. The summed E-state index contributed by atoms with van der Waals surface area (Å²) in [5.74, 6) is 0.604. The third kappa shape index (κ3) is 4.49. The van der Waals surface area contributed by atoms with Crippen LogP contribution in [-0.4, -0.2) is 58.2 Å². The first-order valence-corrected chi connectivity index (χ1v) is 14.6. The molecule has 1 saturated carbocycles. The lowest BCUT2D eigenvalue weighted by Gasteiger charge is -2.25. The van der Waals surface area contributed by atoms with Crippen LogP contribution < -0.4 is 14.5 Å². The van der Waals surface area contributed by atoms with Gasteiger partial charge in [-0.15, -0.1) is 11.3 Å². The van der Waals surface area contributed by atoms with Crippen molar-refractivity contribution >= 4 is 38.8 Å². The van der Waals surface area contributed by atoms with E-state index >= 15 is 0 Å². The fraction of sp³-hybridized carbons (Fsp3) is 0.385. The van der Waals surface area contributed by atoms with Crippen LogP contribution in [0.2, 0.25) is 0 Å². The molecule has 6 rings (SSSR count). The van der Waals surface area contributed by atoms with E-state index in [1.54, 1.807) is 12.1 Å². The zero-order valence-electron chi connectivity index (χ0n) is 19.9. The molecule has 1 saturated heterocycles. The molecule has 8 nitrogen and oxygen atoms in total. The molecule has 1 N–H and O–H groups in total. The number of carbonyl (C=O) groups is 1. The number of benzene rings is 1. The molecule has 4 heterocycles. The molecule has 0 spiro atoms. The van der Waals surface area contributed by atoms with Gasteiger partial charge in [-0.3, -0.25) is 9.10 Å². The summed E-state index contributed by atoms with van der Waals surface area (Å²) in [7, 11) is -3.91. The zero-order valence-corrected chi connectivity index (χ0v) is 21.5. The van der Waals surface area contributed by atoms with Crippen molar-refractivity contribution in [2.24, 2.45) is 0 Å². The van der Waals surface area contributed by atoms with E-state index in [0.29, 0.717) is 42.6 Å². The minimum atomic E-state index is -3.91. The third-order valence-corrected chi connectivity index (χ3v) is 9.68. The Kier molecular flexibility index (Phi) is 6.18. The molecule has 1 aromatic carbocycles. The molecule has 3 aromatic rings. The number of carbonyl (C=O) groups excluding carboxylic acids is 1. The van der Waals surface area contributed by atoms with Crippen molar-refractivity contribution in [2.45, 2.75) is 36.8 Å². The van der Waals surface area contributed by atoms with Crippen LogP contribution in [0.5, 0.6) is 0 Å². The van der Waals surface area contributed by atoms with Crippen LogP contribution in [0.25, 0.3) is 10.4 Å². The van der Waals surface area contributed by atoms with E-state index in [1.165, 1.54) is 15.6 Å². The maximum absolute atomic E-state index is 13.9. The molecule has 3 aliphatic rings. The van der Waals surface area contributed by atoms with Crippen molar-refractivity contribution < 1.29 is 17.9 Å². The van der Waals surface area contributed by atoms with Crippen LogP contribution in [0.1, 0.15) is 34.5 Å². The van der Waals surface area contributed by atoms with Crippen LogP contribution in [0.15, 0.2) is 53.6 Å². The number of ether oxygens (including phenoxy) is 1. The van der Waals surface area contributed by atoms with Crippen LogP contribution in [0.3, 0.4) is 0 Å². The number of sulfonamides is 1. The van der Waals surface area contributed by atoms with Gasteiger partial charge in [-0.1, -0.05) is 24.3 Å². The van der Waals surface area contributed by atoms with E-state index < -0.39 is 10.0 Å². The van der Waals surface area contributed by atoms with E-state index in [9.17, 15) is 13.2 Å². The number of fused-ring (bicyclic) bond motifs is 3. The van der Waals surface area contributed by atoms with Crippen molar-refractivity contribution in [3.05, 3.63) is 59.0 Å². The second-order valence-electron chi connectivity index (χ2n) is 9.34. The van der Waals surface area contributed by atoms with Gasteiger partial charge in [0.2, 0.25) is 0 Å². The highest BCUT2D eigenvalue weighted by atomic mass is 32.2. The molecule has 0 radical (unpaired) electrons. The average Bonchev–Trinajstić information content (AvgIpc) is 3.68. The summed E-state index contributed by atoms with van der Waals surface area (Å²) in [5.41, 5.74) is 2.44. The number of hydrogen-bond acceptors (Lipinski definition) is 7. The minimum Gasteiger partial charge on any atom is -0.380 e. The second kappa shape index (κ2) is 9.49. The Labute approximate surface area is 215 Å². The summed E-state index contributed by atoms with van der Waals surface area (Å²) in [6.07, 6.45) is 3.46. The maximum atomic E-state index is 13.9. The summed E-state index contributed by atoms with van der Waals surface area (Å²) in [5, 5.41) is 3.09. The zero-order chi connectivity index (χ0) is 24.7. The molecule has 2 aliphatic heterocycles. The van der Waals surface area contributed by atoms with Gasteiger partial charge in [0, 0.05) is 42.7 Å². The summed E-state index contributed by atoms with van der Waals surface area (Å²) >= 11 is 1.43. The molecule has 1 aliphatic carbocycles. The molecule has 0 bridgehead atoms. The molecule has 36 heavy (non-hydrogen) atoms. The Morgan fingerprint density at radius 1 is 1.06 bits per heavy atom. The van der Waals surface area contributed by atoms with Gasteiger partial charge in [0.05, 0.1) is 17.2 Å². The van der Waals surface area contributed by atoms with Crippen LogP contribution in [-0.2, 0) is 21.2 Å². The van der Waals surface area contributed by atoms with E-state index in [-0.39, 0.29) is 23.5 Å². The van der Waals surface area contributed by atoms with Gasteiger partial charge in [0.1, 0.15) is 5.82 Å². The van der Waals surface area contributed by atoms with Gasteiger partial charge in [0.25, 0.3) is 15.9 Å². The Morgan fingerprint density at radius 3 is 2.78 bits per heavy atom. The van der Waals surface area contributed by atoms with Gasteiger partial charge >= 0.3 is 0 Å². The number of pyridine rings is 1. The molecule has 0 unspecified atom stereocenters. The van der Waals surface area contributed by atoms with Crippen LogP contribution >= 0.6 is 11.3 Å². The monoisotopic (exact) mass is 524 g/mol. The van der Waals surface area contributed by atoms with Crippen LogP contribution in [0.4, 0.5) is 11.5 Å². The number of anilines is 2. The van der Waals surface area contributed by atoms with Crippen molar-refractivity contribution in [1.82, 2.24) is 10.3 Å². The third-order valence-electron chi connectivity index (χ3n) is 6.76. The summed E-state index contributed by atoms with van der Waals surface area (Å²) < 4.78 is 34.9. The first-order chi connectivity index (χ1) is 17.5. The van der Waals surface area contributed by atoms with E-state index in [4.69, 9.17) is 4.74 Å². The van der Waals surface area contributed by atoms with Gasteiger partial charge < -0.3 is 15.0 Å². The predicted molar refractivity (Wildman–Crippen MR) is 140 cm³/mol. The molecule has 188 valence electrons. The number of nitrogens with one attached hydrogen (secondary N) is 1. The Morgan fingerprint density at radius 2 is 1.92 bits per heavy atom. The van der Waals surface area contributed by atoms with Gasteiger partial charge in [-0.2, -0.15) is 8.42 Å². The van der Waals surface area contributed by atoms with Crippen molar-refractivity contribution in [1.29, 1.82) is 0 Å². The van der Waals surface area contributed by atoms with E-state index in [2.05, 4.69) is 15.2 Å². The molecular formula is C26H28N4O4S2. The molecule has 2 fully saturated rings. The summed E-state index contributed by atoms with van der Waals surface area (Å²) in [6, 6.07) is 14.9. The number of hydrogen-bond donors (Lipinski definition) is 1. The Balaban J connectivity index is 1.34. The van der Waals surface area contributed by atoms with Gasteiger partial charge in [-0.05, 0) is 55.5 Å². The second-order valence-corrected chi connectivity index (χ2v) is 12.2. The quantitative estimate of drug-likeness (QED) is 0.548. The highest BCUT2D eigenvalue weighted by Gasteiger charge is 2.33. The van der Waals surface area contributed by atoms with Crippen molar-refractivity contribution in [3.63, 3.8) is 0 Å². The van der Waals surface area contributed by atoms with Crippen LogP contribution in [0, 0.1) is 0 Å². The fourth-order valence-electron chi connectivity index (χ4n) is 4.73. The Bertz CT molecular complexity index is 1390. The van der Waals surface area contributed by atoms with Crippen molar-refractivity contribution in [3.8, 4) is 10.4 Å². The lowest BCUT2D eigenvalue weighted by Crippen LogP contribution is -2.34. The number of amides is 1. The number of thiophene rings is 1. The van der Waals surface area contributed by atoms with Crippen molar-refractivity contribution in [2.75, 3.05) is 42.1 Å². The normalized spacial score (nSPS) is 18.1. The van der Waals surface area contributed by atoms with Gasteiger partial charge in [0.15, 0.2) is 5.03 Å². The Hall–Kier alpha value is -2.95. The highest BCUT2D eigenvalue weighted by molar-refractivity contribution is 7.92. The molecule has 1 amide bonds. The molecule has 10 heteroatoms. The lowest BCUT2D eigenvalue weighted by molar-refractivity contribution is 0.0955. The lowest BCUT2D eigenvalue weighted by atomic mass is 10.1. The average molecular weight is 525 g/mol. The largest absolute Gasteiger partial charge is 0.380 e. The topological polar surface area (TPSA) is 91.8 Å². The SMILES string of the molecule is O=C(NC1CC1)c1cc2c(s1)-c1ccccc1N(S(=O)(=O)c1cccc(N3CCCOCC3)n1)CC2. The van der Waals surface area contributed by atoms with Gasteiger partial charge in [-0.25, -0.2) is 4.98 Å². The first kappa shape index (κ1) is 23.4. The summed E-state index contributed by atoms with van der Waals surface area (Å²) in [6.45, 7) is 3.03.